The summed E-state index contributed by atoms with van der Waals surface area (Å²) < 4.78 is 51.6. The largest absolute Gasteiger partial charge is 0.387 e. The highest BCUT2D eigenvalue weighted by Gasteiger charge is 2.43. The lowest BCUT2D eigenvalue weighted by molar-refractivity contribution is -0.0716. The normalized spacial score (nSPS) is 31.6. The lowest BCUT2D eigenvalue weighted by Crippen LogP contribution is -2.49. The Morgan fingerprint density at radius 1 is 1.14 bits per heavy atom. The number of β-amino-alcohol motifs (C(OH)–C–C–N with tert-alkyl or cyclic N) is 1. The number of piperidine rings is 1. The van der Waals surface area contributed by atoms with E-state index in [2.05, 4.69) is 0 Å². The van der Waals surface area contributed by atoms with Gasteiger partial charge in [0.05, 0.1) is 11.4 Å². The summed E-state index contributed by atoms with van der Waals surface area (Å²) in [6, 6.07) is 0. The van der Waals surface area contributed by atoms with Gasteiger partial charge in [0.15, 0.2) is 0 Å². The van der Waals surface area contributed by atoms with Crippen LogP contribution >= 0.6 is 0 Å². The Labute approximate surface area is 125 Å². The highest BCUT2D eigenvalue weighted by atomic mass is 32.2. The average molecular weight is 326 g/mol. The summed E-state index contributed by atoms with van der Waals surface area (Å²) in [5.41, 5.74) is -1.12. The van der Waals surface area contributed by atoms with E-state index in [0.29, 0.717) is 19.4 Å². The van der Waals surface area contributed by atoms with Crippen LogP contribution in [0.1, 0.15) is 32.6 Å². The fraction of sp³-hybridized carbons (Fsp3) is 1.00. The molecule has 0 aromatic rings. The molecule has 1 atom stereocenters. The molecule has 0 bridgehead atoms. The van der Waals surface area contributed by atoms with Crippen LogP contribution in [0.25, 0.3) is 0 Å². The molecular weight excluding hydrogens is 302 g/mol. The fourth-order valence-electron chi connectivity index (χ4n) is 3.03. The molecule has 2 rings (SSSR count). The van der Waals surface area contributed by atoms with Gasteiger partial charge in [0.1, 0.15) is 0 Å². The van der Waals surface area contributed by atoms with Gasteiger partial charge < -0.3 is 5.11 Å². The second-order valence-electron chi connectivity index (χ2n) is 6.26. The molecule has 2 aliphatic heterocycles. The predicted octanol–water partition coefficient (Wildman–Crippen LogP) is 0.894. The van der Waals surface area contributed by atoms with E-state index in [1.54, 1.807) is 6.92 Å². The first-order chi connectivity index (χ1) is 9.66. The zero-order valence-electron chi connectivity index (χ0n) is 12.4. The van der Waals surface area contributed by atoms with Crippen molar-refractivity contribution >= 4 is 10.0 Å². The van der Waals surface area contributed by atoms with Crippen molar-refractivity contribution in [3.8, 4) is 0 Å². The van der Waals surface area contributed by atoms with E-state index in [-0.39, 0.29) is 44.8 Å². The zero-order chi connectivity index (χ0) is 15.7. The highest BCUT2D eigenvalue weighted by molar-refractivity contribution is 7.89. The molecule has 2 heterocycles. The lowest BCUT2D eigenvalue weighted by Gasteiger charge is -2.36. The van der Waals surface area contributed by atoms with E-state index in [4.69, 9.17) is 0 Å². The quantitative estimate of drug-likeness (QED) is 0.815. The van der Waals surface area contributed by atoms with Crippen molar-refractivity contribution in [1.82, 2.24) is 9.21 Å². The van der Waals surface area contributed by atoms with Gasteiger partial charge in [-0.05, 0) is 12.8 Å². The summed E-state index contributed by atoms with van der Waals surface area (Å²) in [5, 5.41) is 10.5. The van der Waals surface area contributed by atoms with Crippen molar-refractivity contribution in [3.63, 3.8) is 0 Å². The third-order valence-corrected chi connectivity index (χ3v) is 6.28. The smallest absolute Gasteiger partial charge is 0.250 e. The maximum absolute atomic E-state index is 13.1. The molecule has 0 aliphatic carbocycles. The van der Waals surface area contributed by atoms with Crippen LogP contribution in [0.5, 0.6) is 0 Å². The van der Waals surface area contributed by atoms with Gasteiger partial charge in [-0.15, -0.1) is 0 Å². The van der Waals surface area contributed by atoms with E-state index < -0.39 is 21.5 Å². The van der Waals surface area contributed by atoms with Gasteiger partial charge in [-0.2, -0.15) is 4.31 Å². The van der Waals surface area contributed by atoms with Crippen molar-refractivity contribution in [2.45, 2.75) is 44.1 Å². The molecule has 8 heteroatoms. The second kappa shape index (κ2) is 6.06. The Morgan fingerprint density at radius 3 is 2.33 bits per heavy atom. The molecule has 0 amide bonds. The van der Waals surface area contributed by atoms with E-state index in [0.717, 1.165) is 0 Å². The average Bonchev–Trinajstić information content (AvgIpc) is 2.76. The number of hydrogen-bond donors (Lipinski definition) is 1. The monoisotopic (exact) mass is 326 g/mol. The third kappa shape index (κ3) is 4.34. The summed E-state index contributed by atoms with van der Waals surface area (Å²) in [6.07, 6.45) is 0.517. The Balaban J connectivity index is 1.90. The fourth-order valence-corrected chi connectivity index (χ4v) is 4.61. The second-order valence-corrected chi connectivity index (χ2v) is 8.34. The number of nitrogens with zero attached hydrogens (tertiary/aromatic N) is 2. The number of likely N-dealkylation sites (tertiary alicyclic amines) is 1. The Hall–Kier alpha value is -0.310. The minimum atomic E-state index is -3.31. The minimum absolute atomic E-state index is 0.0717. The molecule has 0 radical (unpaired) electrons. The summed E-state index contributed by atoms with van der Waals surface area (Å²) in [7, 11) is -3.31. The molecule has 0 aromatic heterocycles. The van der Waals surface area contributed by atoms with Crippen molar-refractivity contribution in [3.05, 3.63) is 0 Å². The van der Waals surface area contributed by atoms with Crippen LogP contribution in [0.4, 0.5) is 8.78 Å². The molecule has 0 saturated carbocycles. The molecular formula is C13H24F2N2O3S. The first-order valence-corrected chi connectivity index (χ1v) is 9.07. The maximum Gasteiger partial charge on any atom is 0.250 e. The Morgan fingerprint density at radius 2 is 1.76 bits per heavy atom. The van der Waals surface area contributed by atoms with E-state index in [9.17, 15) is 22.3 Å². The van der Waals surface area contributed by atoms with Gasteiger partial charge in [0.25, 0.3) is 5.92 Å². The first-order valence-electron chi connectivity index (χ1n) is 7.46. The van der Waals surface area contributed by atoms with Crippen LogP contribution in [0.3, 0.4) is 0 Å². The van der Waals surface area contributed by atoms with E-state index in [1.807, 2.05) is 4.90 Å². The van der Waals surface area contributed by atoms with Crippen LogP contribution in [0.15, 0.2) is 0 Å². The van der Waals surface area contributed by atoms with Crippen molar-refractivity contribution in [1.29, 1.82) is 0 Å². The molecule has 2 saturated heterocycles. The Kier molecular flexibility index (Phi) is 4.92. The lowest BCUT2D eigenvalue weighted by atomic mass is 10.00. The summed E-state index contributed by atoms with van der Waals surface area (Å²) in [6.45, 7) is 2.94. The molecule has 124 valence electrons. The van der Waals surface area contributed by atoms with Gasteiger partial charge in [-0.3, -0.25) is 4.90 Å². The van der Waals surface area contributed by atoms with Gasteiger partial charge in [-0.1, -0.05) is 6.92 Å². The van der Waals surface area contributed by atoms with Crippen LogP contribution in [-0.2, 0) is 10.0 Å². The molecule has 0 unspecified atom stereocenters. The summed E-state index contributed by atoms with van der Waals surface area (Å²) in [4.78, 5) is 1.81. The molecule has 0 spiro atoms. The SMILES string of the molecule is CCCS(=O)(=O)N1CC[C@@](O)(CN2CCC(F)(F)CC2)C1. The van der Waals surface area contributed by atoms with E-state index >= 15 is 0 Å². The van der Waals surface area contributed by atoms with Crippen molar-refractivity contribution < 1.29 is 22.3 Å². The van der Waals surface area contributed by atoms with Gasteiger partial charge >= 0.3 is 0 Å². The number of rotatable bonds is 5. The number of aliphatic hydroxyl groups is 1. The van der Waals surface area contributed by atoms with Gasteiger partial charge in [-0.25, -0.2) is 17.2 Å². The molecule has 1 N–H and O–H groups in total. The van der Waals surface area contributed by atoms with Gasteiger partial charge in [0, 0.05) is 45.6 Å². The number of sulfonamides is 1. The van der Waals surface area contributed by atoms with Crippen molar-refractivity contribution in [2.75, 3.05) is 38.5 Å². The molecule has 0 aromatic carbocycles. The predicted molar refractivity (Wildman–Crippen MR) is 75.8 cm³/mol. The first kappa shape index (κ1) is 17.1. The van der Waals surface area contributed by atoms with Crippen molar-refractivity contribution in [2.24, 2.45) is 0 Å². The minimum Gasteiger partial charge on any atom is -0.387 e. The summed E-state index contributed by atoms with van der Waals surface area (Å²) >= 11 is 0. The maximum atomic E-state index is 13.1. The topological polar surface area (TPSA) is 60.9 Å². The van der Waals surface area contributed by atoms with Crippen LogP contribution in [0.2, 0.25) is 0 Å². The number of alkyl halides is 2. The molecule has 21 heavy (non-hydrogen) atoms. The molecule has 2 aliphatic rings. The highest BCUT2D eigenvalue weighted by Crippen LogP contribution is 2.30. The van der Waals surface area contributed by atoms with E-state index in [1.165, 1.54) is 4.31 Å². The van der Waals surface area contributed by atoms with Crippen LogP contribution in [-0.4, -0.2) is 72.7 Å². The van der Waals surface area contributed by atoms with Crippen LogP contribution < -0.4 is 0 Å². The standard InChI is InChI=1S/C13H24F2N2O3S/c1-2-9-21(19,20)17-8-3-12(18,11-17)10-16-6-4-13(14,15)5-7-16/h18H,2-11H2,1H3/t12-/m1/s1. The van der Waals surface area contributed by atoms with Gasteiger partial charge in [0.2, 0.25) is 10.0 Å². The number of halogens is 2. The molecule has 5 nitrogen and oxygen atoms in total. The third-order valence-electron chi connectivity index (χ3n) is 4.26. The Bertz CT molecular complexity index is 462. The summed E-state index contributed by atoms with van der Waals surface area (Å²) in [5.74, 6) is -2.52. The number of hydrogen-bond acceptors (Lipinski definition) is 4. The van der Waals surface area contributed by atoms with Crippen LogP contribution in [0, 0.1) is 0 Å². The zero-order valence-corrected chi connectivity index (χ0v) is 13.2. The molecule has 2 fully saturated rings.